The molecule has 0 unspecified atom stereocenters. The molecule has 0 aliphatic rings. The van der Waals surface area contributed by atoms with Gasteiger partial charge in [-0.2, -0.15) is 0 Å². The van der Waals surface area contributed by atoms with Crippen LogP contribution >= 0.6 is 11.8 Å². The molecule has 0 spiro atoms. The van der Waals surface area contributed by atoms with Crippen molar-refractivity contribution in [2.24, 2.45) is 7.05 Å². The third-order valence-electron chi connectivity index (χ3n) is 3.75. The first-order valence-corrected chi connectivity index (χ1v) is 8.98. The summed E-state index contributed by atoms with van der Waals surface area (Å²) in [6, 6.07) is 0. The molecule has 0 fully saturated rings. The van der Waals surface area contributed by atoms with Gasteiger partial charge in [-0.1, -0.05) is 37.9 Å². The highest BCUT2D eigenvalue weighted by molar-refractivity contribution is 7.99. The van der Waals surface area contributed by atoms with Crippen LogP contribution in [0.1, 0.15) is 39.0 Å². The van der Waals surface area contributed by atoms with Crippen LogP contribution in [0.3, 0.4) is 0 Å². The molecule has 0 saturated heterocycles. The van der Waals surface area contributed by atoms with Crippen molar-refractivity contribution in [3.8, 4) is 0 Å². The summed E-state index contributed by atoms with van der Waals surface area (Å²) in [5, 5.41) is 9.36. The average molecular weight is 354 g/mol. The van der Waals surface area contributed by atoms with Gasteiger partial charge in [-0.05, 0) is 6.42 Å². The van der Waals surface area contributed by atoms with Crippen LogP contribution in [0.2, 0.25) is 0 Å². The zero-order valence-corrected chi connectivity index (χ0v) is 14.7. The molecule has 2 N–H and O–H groups in total. The number of nitrogens with one attached hydrogen (secondary N) is 1. The summed E-state index contributed by atoms with van der Waals surface area (Å²) in [6.45, 7) is 2.74. The number of aryl methyl sites for hydroxylation is 2. The smallest absolute Gasteiger partial charge is 0.329 e. The maximum Gasteiger partial charge on any atom is 0.329 e. The van der Waals surface area contributed by atoms with E-state index in [0.717, 1.165) is 25.7 Å². The monoisotopic (exact) mass is 354 g/mol. The number of fused-ring (bicyclic) bond motifs is 1. The summed E-state index contributed by atoms with van der Waals surface area (Å²) in [5.41, 5.74) is -0.269. The number of carboxylic acid groups (broad SMARTS) is 1. The molecule has 8 nitrogen and oxygen atoms in total. The molecule has 132 valence electrons. The van der Waals surface area contributed by atoms with Crippen LogP contribution in [-0.4, -0.2) is 35.9 Å². The summed E-state index contributed by atoms with van der Waals surface area (Å²) in [6.07, 6.45) is 4.18. The number of carbonyl (C=O) groups is 1. The van der Waals surface area contributed by atoms with E-state index in [4.69, 9.17) is 5.11 Å². The lowest BCUT2D eigenvalue weighted by molar-refractivity contribution is -0.136. The van der Waals surface area contributed by atoms with E-state index in [1.54, 1.807) is 11.6 Å². The quantitative estimate of drug-likeness (QED) is 0.522. The second-order valence-corrected chi connectivity index (χ2v) is 6.65. The number of hydrogen-bond acceptors (Lipinski definition) is 5. The molecule has 2 aromatic rings. The van der Waals surface area contributed by atoms with Crippen LogP contribution in [0.25, 0.3) is 11.2 Å². The zero-order chi connectivity index (χ0) is 17.7. The Hall–Kier alpha value is -2.03. The van der Waals surface area contributed by atoms with Crippen molar-refractivity contribution in [2.45, 2.75) is 50.7 Å². The number of rotatable bonds is 9. The first kappa shape index (κ1) is 18.3. The number of thioether (sulfide) groups is 1. The number of nitrogens with zero attached hydrogens (tertiary/aromatic N) is 3. The van der Waals surface area contributed by atoms with Gasteiger partial charge in [-0.15, -0.1) is 0 Å². The van der Waals surface area contributed by atoms with Crippen molar-refractivity contribution in [1.29, 1.82) is 0 Å². The molecule has 2 aromatic heterocycles. The Balaban J connectivity index is 2.39. The SMILES string of the molecule is CCCCCCn1c(SCCC(=O)O)nc2c1c(=O)[nH]c(=O)n2C. The third kappa shape index (κ3) is 4.08. The molecular formula is C15H22N4O4S. The van der Waals surface area contributed by atoms with E-state index in [-0.39, 0.29) is 6.42 Å². The predicted octanol–water partition coefficient (Wildman–Crippen LogP) is 1.57. The number of aromatic nitrogens is 4. The molecular weight excluding hydrogens is 332 g/mol. The molecule has 0 radical (unpaired) electrons. The largest absolute Gasteiger partial charge is 0.481 e. The summed E-state index contributed by atoms with van der Waals surface area (Å²) in [7, 11) is 1.56. The molecule has 2 rings (SSSR count). The van der Waals surface area contributed by atoms with Crippen molar-refractivity contribution >= 4 is 28.9 Å². The van der Waals surface area contributed by atoms with Crippen LogP contribution in [-0.2, 0) is 18.4 Å². The van der Waals surface area contributed by atoms with Crippen molar-refractivity contribution in [2.75, 3.05) is 5.75 Å². The number of imidazole rings is 1. The van der Waals surface area contributed by atoms with Gasteiger partial charge in [0.1, 0.15) is 0 Å². The van der Waals surface area contributed by atoms with E-state index >= 15 is 0 Å². The van der Waals surface area contributed by atoms with Crippen LogP contribution < -0.4 is 11.2 Å². The number of H-pyrrole nitrogens is 1. The second kappa shape index (κ2) is 8.18. The molecule has 9 heteroatoms. The van der Waals surface area contributed by atoms with Crippen LogP contribution in [0.5, 0.6) is 0 Å². The minimum absolute atomic E-state index is 0.0129. The lowest BCUT2D eigenvalue weighted by Crippen LogP contribution is -2.29. The highest BCUT2D eigenvalue weighted by Crippen LogP contribution is 2.23. The molecule has 0 aromatic carbocycles. The standard InChI is InChI=1S/C15H22N4O4S/c1-3-4-5-6-8-19-11-12(18(2)14(23)17-13(11)22)16-15(19)24-9-7-10(20)21/h3-9H2,1-2H3,(H,20,21)(H,17,22,23). The lowest BCUT2D eigenvalue weighted by atomic mass is 10.2. The first-order chi connectivity index (χ1) is 11.5. The van der Waals surface area contributed by atoms with Gasteiger partial charge in [0.2, 0.25) is 0 Å². The fraction of sp³-hybridized carbons (Fsp3) is 0.600. The van der Waals surface area contributed by atoms with E-state index in [1.807, 2.05) is 0 Å². The minimum Gasteiger partial charge on any atom is -0.481 e. The molecule has 0 amide bonds. The van der Waals surface area contributed by atoms with Gasteiger partial charge in [0, 0.05) is 19.3 Å². The van der Waals surface area contributed by atoms with E-state index in [9.17, 15) is 14.4 Å². The maximum absolute atomic E-state index is 12.2. The summed E-state index contributed by atoms with van der Waals surface area (Å²) in [5.74, 6) is -0.516. The summed E-state index contributed by atoms with van der Waals surface area (Å²) < 4.78 is 3.11. The van der Waals surface area contributed by atoms with E-state index in [2.05, 4.69) is 16.9 Å². The van der Waals surface area contributed by atoms with Crippen molar-refractivity contribution in [3.63, 3.8) is 0 Å². The van der Waals surface area contributed by atoms with Crippen LogP contribution in [0, 0.1) is 0 Å². The van der Waals surface area contributed by atoms with Crippen molar-refractivity contribution in [1.82, 2.24) is 19.1 Å². The third-order valence-corrected chi connectivity index (χ3v) is 4.73. The topological polar surface area (TPSA) is 110 Å². The molecule has 0 atom stereocenters. The fourth-order valence-corrected chi connectivity index (χ4v) is 3.41. The molecule has 0 aliphatic heterocycles. The van der Waals surface area contributed by atoms with Gasteiger partial charge in [-0.25, -0.2) is 9.78 Å². The Morgan fingerprint density at radius 2 is 2.04 bits per heavy atom. The maximum atomic E-state index is 12.2. The van der Waals surface area contributed by atoms with Crippen LogP contribution in [0.15, 0.2) is 14.7 Å². The van der Waals surface area contributed by atoms with E-state index in [0.29, 0.717) is 28.6 Å². The molecule has 0 aliphatic carbocycles. The average Bonchev–Trinajstić information content (AvgIpc) is 2.88. The second-order valence-electron chi connectivity index (χ2n) is 5.59. The summed E-state index contributed by atoms with van der Waals surface area (Å²) in [4.78, 5) is 41.4. The van der Waals surface area contributed by atoms with E-state index in [1.165, 1.54) is 16.3 Å². The fourth-order valence-electron chi connectivity index (χ4n) is 2.46. The summed E-state index contributed by atoms with van der Waals surface area (Å²) >= 11 is 1.29. The Kier molecular flexibility index (Phi) is 6.24. The molecule has 24 heavy (non-hydrogen) atoms. The Bertz CT molecular complexity index is 836. The lowest BCUT2D eigenvalue weighted by Gasteiger charge is -2.08. The van der Waals surface area contributed by atoms with Gasteiger partial charge >= 0.3 is 11.7 Å². The highest BCUT2D eigenvalue weighted by Gasteiger charge is 2.17. The van der Waals surface area contributed by atoms with Gasteiger partial charge in [0.25, 0.3) is 5.56 Å². The predicted molar refractivity (Wildman–Crippen MR) is 92.7 cm³/mol. The van der Waals surface area contributed by atoms with Gasteiger partial charge in [0.15, 0.2) is 16.3 Å². The Morgan fingerprint density at radius 1 is 1.29 bits per heavy atom. The first-order valence-electron chi connectivity index (χ1n) is 7.99. The van der Waals surface area contributed by atoms with E-state index < -0.39 is 17.2 Å². The number of aliphatic carboxylic acids is 1. The molecule has 0 saturated carbocycles. The Morgan fingerprint density at radius 3 is 2.71 bits per heavy atom. The molecule has 2 heterocycles. The van der Waals surface area contributed by atoms with Crippen molar-refractivity contribution < 1.29 is 9.90 Å². The van der Waals surface area contributed by atoms with Crippen LogP contribution in [0.4, 0.5) is 0 Å². The van der Waals surface area contributed by atoms with Gasteiger partial charge < -0.3 is 9.67 Å². The minimum atomic E-state index is -0.877. The van der Waals surface area contributed by atoms with Gasteiger partial charge in [0.05, 0.1) is 6.42 Å². The van der Waals surface area contributed by atoms with Crippen molar-refractivity contribution in [3.05, 3.63) is 20.8 Å². The Labute approximate surface area is 142 Å². The molecule has 0 bridgehead atoms. The number of hydrogen-bond donors (Lipinski definition) is 2. The van der Waals surface area contributed by atoms with Gasteiger partial charge in [-0.3, -0.25) is 19.1 Å². The number of unbranched alkanes of at least 4 members (excludes halogenated alkanes) is 3. The number of aromatic amines is 1. The zero-order valence-electron chi connectivity index (χ0n) is 13.9. The highest BCUT2D eigenvalue weighted by atomic mass is 32.2. The number of carboxylic acids is 1. The normalized spacial score (nSPS) is 11.2.